The first-order valence-corrected chi connectivity index (χ1v) is 10.3. The van der Waals surface area contributed by atoms with Gasteiger partial charge in [0.05, 0.1) is 9.82 Å². The van der Waals surface area contributed by atoms with Crippen molar-refractivity contribution in [3.05, 3.63) is 63.7 Å². The molecule has 148 valence electrons. The smallest absolute Gasteiger partial charge is 0.274 e. The minimum atomic E-state index is -3.81. The van der Waals surface area contributed by atoms with Crippen LogP contribution in [0.15, 0.2) is 47.4 Å². The predicted molar refractivity (Wildman–Crippen MR) is 105 cm³/mol. The largest absolute Gasteiger partial charge is 0.324 e. The van der Waals surface area contributed by atoms with E-state index in [-0.39, 0.29) is 22.8 Å². The highest BCUT2D eigenvalue weighted by molar-refractivity contribution is 7.89. The average molecular weight is 403 g/mol. The second kappa shape index (κ2) is 7.69. The highest BCUT2D eigenvalue weighted by Gasteiger charge is 2.39. The number of hydrogen-bond donors (Lipinski definition) is 1. The second-order valence-electron chi connectivity index (χ2n) is 6.83. The van der Waals surface area contributed by atoms with Crippen LogP contribution in [-0.4, -0.2) is 36.1 Å². The van der Waals surface area contributed by atoms with Gasteiger partial charge in [0, 0.05) is 23.9 Å². The summed E-state index contributed by atoms with van der Waals surface area (Å²) in [6.07, 6.45) is 0.960. The molecule has 0 bridgehead atoms. The topological polar surface area (TPSA) is 110 Å². The maximum Gasteiger partial charge on any atom is 0.274 e. The molecule has 1 aliphatic heterocycles. The fraction of sp³-hybridized carbons (Fsp3) is 0.316. The third-order valence-corrected chi connectivity index (χ3v) is 6.73. The minimum absolute atomic E-state index is 0.103. The Morgan fingerprint density at radius 1 is 1.18 bits per heavy atom. The lowest BCUT2D eigenvalue weighted by Crippen LogP contribution is -2.43. The number of benzene rings is 2. The molecule has 1 saturated heterocycles. The second-order valence-corrected chi connectivity index (χ2v) is 8.73. The van der Waals surface area contributed by atoms with Crippen molar-refractivity contribution in [1.82, 2.24) is 4.31 Å². The van der Waals surface area contributed by atoms with Crippen LogP contribution < -0.4 is 5.32 Å². The van der Waals surface area contributed by atoms with Crippen molar-refractivity contribution in [3.63, 3.8) is 0 Å². The molecule has 3 rings (SSSR count). The van der Waals surface area contributed by atoms with Gasteiger partial charge in [-0.05, 0) is 44.9 Å². The zero-order valence-corrected chi connectivity index (χ0v) is 16.4. The van der Waals surface area contributed by atoms with Crippen LogP contribution in [0, 0.1) is 24.0 Å². The van der Waals surface area contributed by atoms with E-state index in [4.69, 9.17) is 0 Å². The summed E-state index contributed by atoms with van der Waals surface area (Å²) in [7, 11) is -3.81. The molecule has 9 heteroatoms. The lowest BCUT2D eigenvalue weighted by atomic mass is 10.1. The Morgan fingerprint density at radius 3 is 2.50 bits per heavy atom. The molecule has 1 fully saturated rings. The molecule has 2 aromatic carbocycles. The van der Waals surface area contributed by atoms with Gasteiger partial charge >= 0.3 is 0 Å². The highest BCUT2D eigenvalue weighted by atomic mass is 32.2. The van der Waals surface area contributed by atoms with Gasteiger partial charge in [0.1, 0.15) is 6.04 Å². The zero-order valence-electron chi connectivity index (χ0n) is 15.6. The number of carbonyl (C=O) groups excluding carboxylic acids is 1. The Morgan fingerprint density at radius 2 is 1.86 bits per heavy atom. The number of nitro groups is 1. The summed E-state index contributed by atoms with van der Waals surface area (Å²) >= 11 is 0. The number of rotatable bonds is 5. The number of aryl methyl sites for hydroxylation is 2. The summed E-state index contributed by atoms with van der Waals surface area (Å²) in [6.45, 7) is 3.72. The van der Waals surface area contributed by atoms with Crippen molar-refractivity contribution < 1.29 is 18.1 Å². The molecule has 1 N–H and O–H groups in total. The van der Waals surface area contributed by atoms with Gasteiger partial charge in [0.2, 0.25) is 15.9 Å². The van der Waals surface area contributed by atoms with Crippen molar-refractivity contribution >= 4 is 27.3 Å². The number of amides is 1. The number of nitro benzene ring substituents is 1. The van der Waals surface area contributed by atoms with Gasteiger partial charge in [0.15, 0.2) is 0 Å². The fourth-order valence-electron chi connectivity index (χ4n) is 3.24. The van der Waals surface area contributed by atoms with E-state index in [0.29, 0.717) is 18.4 Å². The summed E-state index contributed by atoms with van der Waals surface area (Å²) < 4.78 is 27.1. The van der Waals surface area contributed by atoms with Crippen LogP contribution in [0.4, 0.5) is 11.4 Å². The summed E-state index contributed by atoms with van der Waals surface area (Å²) in [5.41, 5.74) is 1.58. The van der Waals surface area contributed by atoms with Crippen molar-refractivity contribution in [2.24, 2.45) is 0 Å². The van der Waals surface area contributed by atoms with Crippen molar-refractivity contribution in [2.75, 3.05) is 11.9 Å². The van der Waals surface area contributed by atoms with Gasteiger partial charge < -0.3 is 5.32 Å². The number of sulfonamides is 1. The minimum Gasteiger partial charge on any atom is -0.324 e. The molecule has 0 aromatic heterocycles. The van der Waals surface area contributed by atoms with Gasteiger partial charge in [-0.15, -0.1) is 0 Å². The Hall–Kier alpha value is -2.78. The molecule has 0 radical (unpaired) electrons. The molecular formula is C19H21N3O5S. The van der Waals surface area contributed by atoms with E-state index >= 15 is 0 Å². The van der Waals surface area contributed by atoms with Crippen LogP contribution in [0.2, 0.25) is 0 Å². The van der Waals surface area contributed by atoms with E-state index < -0.39 is 26.9 Å². The predicted octanol–water partition coefficient (Wildman–Crippen LogP) is 3.00. The zero-order chi connectivity index (χ0) is 20.5. The maximum atomic E-state index is 13.0. The third-order valence-electron chi connectivity index (χ3n) is 4.81. The van der Waals surface area contributed by atoms with Crippen LogP contribution in [0.3, 0.4) is 0 Å². The normalized spacial score (nSPS) is 17.4. The van der Waals surface area contributed by atoms with Gasteiger partial charge in [-0.2, -0.15) is 4.31 Å². The van der Waals surface area contributed by atoms with Gasteiger partial charge in [0.25, 0.3) is 5.69 Å². The number of hydrogen-bond acceptors (Lipinski definition) is 5. The highest BCUT2D eigenvalue weighted by Crippen LogP contribution is 2.28. The summed E-state index contributed by atoms with van der Waals surface area (Å²) in [5.74, 6) is -0.494. The standard InChI is InChI=1S/C19H21N3O5S/c1-13-5-9-16(10-6-13)28(26,27)21-11-3-4-17(21)19(23)20-15-8-7-14(2)18(12-15)22(24)25/h5-10,12,17H,3-4,11H2,1-2H3,(H,20,23). The van der Waals surface area contributed by atoms with E-state index in [1.807, 2.05) is 6.92 Å². The van der Waals surface area contributed by atoms with E-state index in [1.54, 1.807) is 31.2 Å². The lowest BCUT2D eigenvalue weighted by molar-refractivity contribution is -0.385. The van der Waals surface area contributed by atoms with E-state index in [9.17, 15) is 23.3 Å². The number of nitrogens with one attached hydrogen (secondary N) is 1. The molecule has 1 amide bonds. The molecule has 1 atom stereocenters. The van der Waals surface area contributed by atoms with Crippen molar-refractivity contribution in [2.45, 2.75) is 37.6 Å². The van der Waals surface area contributed by atoms with Gasteiger partial charge in [-0.1, -0.05) is 23.8 Å². The van der Waals surface area contributed by atoms with Crippen LogP contribution in [-0.2, 0) is 14.8 Å². The Kier molecular flexibility index (Phi) is 5.48. The van der Waals surface area contributed by atoms with Crippen LogP contribution in [0.25, 0.3) is 0 Å². The lowest BCUT2D eigenvalue weighted by Gasteiger charge is -2.23. The first kappa shape index (κ1) is 20.0. The van der Waals surface area contributed by atoms with E-state index in [1.165, 1.54) is 22.5 Å². The van der Waals surface area contributed by atoms with Crippen molar-refractivity contribution in [1.29, 1.82) is 0 Å². The van der Waals surface area contributed by atoms with Gasteiger partial charge in [-0.3, -0.25) is 14.9 Å². The molecule has 2 aromatic rings. The van der Waals surface area contributed by atoms with Crippen LogP contribution in [0.5, 0.6) is 0 Å². The molecule has 0 spiro atoms. The molecule has 0 saturated carbocycles. The van der Waals surface area contributed by atoms with Gasteiger partial charge in [-0.25, -0.2) is 8.42 Å². The van der Waals surface area contributed by atoms with E-state index in [2.05, 4.69) is 5.32 Å². The fourth-order valence-corrected chi connectivity index (χ4v) is 4.90. The third kappa shape index (κ3) is 3.90. The Labute approximate surface area is 163 Å². The van der Waals surface area contributed by atoms with Crippen molar-refractivity contribution in [3.8, 4) is 0 Å². The molecule has 8 nitrogen and oxygen atoms in total. The quantitative estimate of drug-likeness (QED) is 0.610. The summed E-state index contributed by atoms with van der Waals surface area (Å²) in [4.78, 5) is 23.4. The number of nitrogens with zero attached hydrogens (tertiary/aromatic N) is 2. The monoisotopic (exact) mass is 403 g/mol. The summed E-state index contributed by atoms with van der Waals surface area (Å²) in [5, 5.41) is 13.7. The first-order valence-electron chi connectivity index (χ1n) is 8.84. The average Bonchev–Trinajstić information content (AvgIpc) is 3.14. The molecule has 1 heterocycles. The van der Waals surface area contributed by atoms with Crippen LogP contribution in [0.1, 0.15) is 24.0 Å². The molecule has 0 aliphatic carbocycles. The molecule has 28 heavy (non-hydrogen) atoms. The SMILES string of the molecule is Cc1ccc(S(=O)(=O)N2CCCC2C(=O)Nc2ccc(C)c([N+](=O)[O-])c2)cc1. The number of carbonyl (C=O) groups is 1. The Balaban J connectivity index is 1.83. The maximum absolute atomic E-state index is 13.0. The molecule has 1 aliphatic rings. The van der Waals surface area contributed by atoms with Crippen LogP contribution >= 0.6 is 0 Å². The summed E-state index contributed by atoms with van der Waals surface area (Å²) in [6, 6.07) is 10.0. The molecule has 1 unspecified atom stereocenters. The Bertz CT molecular complexity index is 1020. The first-order chi connectivity index (χ1) is 13.2. The molecular weight excluding hydrogens is 382 g/mol. The van der Waals surface area contributed by atoms with E-state index in [0.717, 1.165) is 5.56 Å². The number of anilines is 1.